The number of rotatable bonds is 7. The number of carbonyl (C=O) groups excluding carboxylic acids is 2. The molecule has 6 heteroatoms. The molecule has 1 aliphatic heterocycles. The second-order valence-electron chi connectivity index (χ2n) is 7.96. The second kappa shape index (κ2) is 10.3. The Morgan fingerprint density at radius 2 is 1.80 bits per heavy atom. The Bertz CT molecular complexity index is 849. The summed E-state index contributed by atoms with van der Waals surface area (Å²) in [7, 11) is 3.83. The minimum absolute atomic E-state index is 0.0176. The monoisotopic (exact) mass is 409 g/mol. The molecular weight excluding hydrogens is 378 g/mol. The third-order valence-electron chi connectivity index (χ3n) is 5.66. The molecule has 2 aromatic carbocycles. The molecule has 30 heavy (non-hydrogen) atoms. The molecule has 0 spiro atoms. The van der Waals surface area contributed by atoms with Crippen LogP contribution in [0.4, 0.5) is 5.69 Å². The van der Waals surface area contributed by atoms with E-state index in [1.807, 2.05) is 36.4 Å². The van der Waals surface area contributed by atoms with Crippen molar-refractivity contribution in [3.05, 3.63) is 59.7 Å². The first kappa shape index (κ1) is 21.8. The molecule has 0 radical (unpaired) electrons. The Balaban J connectivity index is 1.58. The number of hydrogen-bond acceptors (Lipinski definition) is 4. The van der Waals surface area contributed by atoms with Gasteiger partial charge < -0.3 is 15.4 Å². The van der Waals surface area contributed by atoms with Crippen molar-refractivity contribution in [3.8, 4) is 5.75 Å². The van der Waals surface area contributed by atoms with Crippen molar-refractivity contribution in [3.63, 3.8) is 0 Å². The number of methoxy groups -OCH3 is 1. The summed E-state index contributed by atoms with van der Waals surface area (Å²) in [6.45, 7) is 3.19. The van der Waals surface area contributed by atoms with Gasteiger partial charge in [-0.05, 0) is 67.7 Å². The molecule has 1 aliphatic rings. The Morgan fingerprint density at radius 3 is 2.43 bits per heavy atom. The van der Waals surface area contributed by atoms with Crippen molar-refractivity contribution < 1.29 is 14.3 Å². The zero-order chi connectivity index (χ0) is 21.5. The highest BCUT2D eigenvalue weighted by atomic mass is 16.5. The molecule has 1 heterocycles. The molecule has 3 rings (SSSR count). The lowest BCUT2D eigenvalue weighted by atomic mass is 9.85. The summed E-state index contributed by atoms with van der Waals surface area (Å²) in [5, 5.41) is 5.86. The van der Waals surface area contributed by atoms with E-state index in [0.717, 1.165) is 36.4 Å². The van der Waals surface area contributed by atoms with Crippen LogP contribution in [0, 0.1) is 5.92 Å². The van der Waals surface area contributed by atoms with Gasteiger partial charge in [-0.25, -0.2) is 0 Å². The lowest BCUT2D eigenvalue weighted by molar-refractivity contribution is -0.120. The summed E-state index contributed by atoms with van der Waals surface area (Å²) in [4.78, 5) is 26.0. The Morgan fingerprint density at radius 1 is 1.10 bits per heavy atom. The SMILES string of the molecule is COc1ccc(C2C(CNC(=O)Cc3ccc(NC(C)=O)cc3)CCCN2C)cc1. The molecule has 6 nitrogen and oxygen atoms in total. The minimum Gasteiger partial charge on any atom is -0.497 e. The van der Waals surface area contributed by atoms with E-state index >= 15 is 0 Å². The molecule has 2 atom stereocenters. The van der Waals surface area contributed by atoms with E-state index in [9.17, 15) is 9.59 Å². The quantitative estimate of drug-likeness (QED) is 0.735. The van der Waals surface area contributed by atoms with E-state index < -0.39 is 0 Å². The number of nitrogens with one attached hydrogen (secondary N) is 2. The lowest BCUT2D eigenvalue weighted by Crippen LogP contribution is -2.42. The standard InChI is InChI=1S/C24H31N3O3/c1-17(28)26-21-10-6-18(7-11-21)15-23(29)25-16-20-5-4-14-27(2)24(20)19-8-12-22(30-3)13-9-19/h6-13,20,24H,4-5,14-16H2,1-3H3,(H,25,29)(H,26,28). The Kier molecular flexibility index (Phi) is 7.46. The lowest BCUT2D eigenvalue weighted by Gasteiger charge is -2.39. The third kappa shape index (κ3) is 5.83. The molecule has 0 aliphatic carbocycles. The number of amides is 2. The number of anilines is 1. The average Bonchev–Trinajstić information content (AvgIpc) is 2.73. The van der Waals surface area contributed by atoms with Crippen molar-refractivity contribution in [1.82, 2.24) is 10.2 Å². The summed E-state index contributed by atoms with van der Waals surface area (Å²) < 4.78 is 5.28. The van der Waals surface area contributed by atoms with E-state index in [0.29, 0.717) is 18.9 Å². The number of hydrogen-bond donors (Lipinski definition) is 2. The molecule has 2 aromatic rings. The van der Waals surface area contributed by atoms with Crippen molar-refractivity contribution in [2.75, 3.05) is 32.6 Å². The average molecular weight is 410 g/mol. The van der Waals surface area contributed by atoms with Gasteiger partial charge in [-0.1, -0.05) is 24.3 Å². The first-order valence-corrected chi connectivity index (χ1v) is 10.4. The summed E-state index contributed by atoms with van der Waals surface area (Å²) in [6.07, 6.45) is 2.55. The van der Waals surface area contributed by atoms with Crippen molar-refractivity contribution in [1.29, 1.82) is 0 Å². The van der Waals surface area contributed by atoms with Crippen LogP contribution in [0.1, 0.15) is 36.9 Å². The number of carbonyl (C=O) groups is 2. The van der Waals surface area contributed by atoms with Crippen LogP contribution >= 0.6 is 0 Å². The number of ether oxygens (including phenoxy) is 1. The van der Waals surface area contributed by atoms with Crippen LogP contribution in [-0.4, -0.2) is 44.0 Å². The van der Waals surface area contributed by atoms with Gasteiger partial charge in [0.2, 0.25) is 11.8 Å². The van der Waals surface area contributed by atoms with E-state index in [1.165, 1.54) is 12.5 Å². The summed E-state index contributed by atoms with van der Waals surface area (Å²) in [6, 6.07) is 15.9. The maximum Gasteiger partial charge on any atom is 0.224 e. The van der Waals surface area contributed by atoms with Gasteiger partial charge in [-0.3, -0.25) is 14.5 Å². The zero-order valence-electron chi connectivity index (χ0n) is 18.0. The zero-order valence-corrected chi connectivity index (χ0v) is 18.0. The summed E-state index contributed by atoms with van der Waals surface area (Å²) in [5.41, 5.74) is 2.92. The maximum absolute atomic E-state index is 12.5. The third-order valence-corrected chi connectivity index (χ3v) is 5.66. The van der Waals surface area contributed by atoms with Gasteiger partial charge in [0.1, 0.15) is 5.75 Å². The Labute approximate surface area is 178 Å². The van der Waals surface area contributed by atoms with E-state index in [1.54, 1.807) is 7.11 Å². The van der Waals surface area contributed by atoms with E-state index in [4.69, 9.17) is 4.74 Å². The first-order chi connectivity index (χ1) is 14.5. The number of piperidine rings is 1. The fourth-order valence-corrected chi connectivity index (χ4v) is 4.20. The number of likely N-dealkylation sites (tertiary alicyclic amines) is 1. The first-order valence-electron chi connectivity index (χ1n) is 10.4. The van der Waals surface area contributed by atoms with Crippen molar-refractivity contribution in [2.45, 2.75) is 32.2 Å². The van der Waals surface area contributed by atoms with E-state index in [2.05, 4.69) is 34.7 Å². The second-order valence-corrected chi connectivity index (χ2v) is 7.96. The molecule has 2 amide bonds. The van der Waals surface area contributed by atoms with Crippen molar-refractivity contribution in [2.24, 2.45) is 5.92 Å². The molecule has 160 valence electrons. The van der Waals surface area contributed by atoms with Crippen LogP contribution < -0.4 is 15.4 Å². The minimum atomic E-state index is -0.107. The van der Waals surface area contributed by atoms with Gasteiger partial charge >= 0.3 is 0 Å². The fraction of sp³-hybridized carbons (Fsp3) is 0.417. The highest BCUT2D eigenvalue weighted by Crippen LogP contribution is 2.35. The van der Waals surface area contributed by atoms with Gasteiger partial charge in [0, 0.05) is 25.2 Å². The summed E-state index contributed by atoms with van der Waals surface area (Å²) in [5.74, 6) is 1.13. The maximum atomic E-state index is 12.5. The van der Waals surface area contributed by atoms with Gasteiger partial charge in [0.15, 0.2) is 0 Å². The van der Waals surface area contributed by atoms with Crippen molar-refractivity contribution >= 4 is 17.5 Å². The van der Waals surface area contributed by atoms with Gasteiger partial charge in [0.25, 0.3) is 0 Å². The predicted octanol–water partition coefficient (Wildman–Crippen LogP) is 3.40. The Hall–Kier alpha value is -2.86. The topological polar surface area (TPSA) is 70.7 Å². The molecule has 2 unspecified atom stereocenters. The van der Waals surface area contributed by atoms with Crippen LogP contribution in [0.25, 0.3) is 0 Å². The number of nitrogens with zero attached hydrogens (tertiary/aromatic N) is 1. The molecule has 0 saturated carbocycles. The fourth-order valence-electron chi connectivity index (χ4n) is 4.20. The number of benzene rings is 2. The van der Waals surface area contributed by atoms with Crippen LogP contribution in [-0.2, 0) is 16.0 Å². The normalized spacial score (nSPS) is 19.2. The molecule has 2 N–H and O–H groups in total. The van der Waals surface area contributed by atoms with Crippen LogP contribution in [0.15, 0.2) is 48.5 Å². The highest BCUT2D eigenvalue weighted by molar-refractivity contribution is 5.88. The molecule has 0 aromatic heterocycles. The molecule has 1 saturated heterocycles. The van der Waals surface area contributed by atoms with E-state index in [-0.39, 0.29) is 17.9 Å². The van der Waals surface area contributed by atoms with Crippen LogP contribution in [0.3, 0.4) is 0 Å². The van der Waals surface area contributed by atoms with Gasteiger partial charge in [-0.15, -0.1) is 0 Å². The predicted molar refractivity (Wildman–Crippen MR) is 119 cm³/mol. The molecule has 1 fully saturated rings. The van der Waals surface area contributed by atoms with Crippen LogP contribution in [0.5, 0.6) is 5.75 Å². The largest absolute Gasteiger partial charge is 0.497 e. The smallest absolute Gasteiger partial charge is 0.224 e. The highest BCUT2D eigenvalue weighted by Gasteiger charge is 2.30. The molecule has 0 bridgehead atoms. The van der Waals surface area contributed by atoms with Gasteiger partial charge in [0.05, 0.1) is 13.5 Å². The van der Waals surface area contributed by atoms with Crippen LogP contribution in [0.2, 0.25) is 0 Å². The molecular formula is C24H31N3O3. The van der Waals surface area contributed by atoms with Gasteiger partial charge in [-0.2, -0.15) is 0 Å². The summed E-state index contributed by atoms with van der Waals surface area (Å²) >= 11 is 0.